The number of nitrogens with zero attached hydrogens (tertiary/aromatic N) is 1. The highest BCUT2D eigenvalue weighted by Crippen LogP contribution is 2.29. The van der Waals surface area contributed by atoms with Crippen LogP contribution in [0.25, 0.3) is 0 Å². The molecule has 0 atom stereocenters. The summed E-state index contributed by atoms with van der Waals surface area (Å²) in [7, 11) is -2.02. The molecule has 2 rings (SSSR count). The molecule has 8 heteroatoms. The molecular formula is C20H32N2O5S. The van der Waals surface area contributed by atoms with Gasteiger partial charge in [-0.2, -0.15) is 4.31 Å². The smallest absolute Gasteiger partial charge is 0.243 e. The first-order valence-electron chi connectivity index (χ1n) is 9.61. The van der Waals surface area contributed by atoms with Crippen molar-refractivity contribution in [1.29, 1.82) is 0 Å². The molecule has 1 aliphatic heterocycles. The zero-order valence-electron chi connectivity index (χ0n) is 17.4. The summed E-state index contributed by atoms with van der Waals surface area (Å²) >= 11 is 0. The number of hydrogen-bond acceptors (Lipinski definition) is 5. The Bertz CT molecular complexity index is 784. The van der Waals surface area contributed by atoms with Gasteiger partial charge in [-0.3, -0.25) is 4.79 Å². The predicted octanol–water partition coefficient (Wildman–Crippen LogP) is 2.48. The first-order valence-corrected chi connectivity index (χ1v) is 11.0. The number of methoxy groups -OCH3 is 1. The summed E-state index contributed by atoms with van der Waals surface area (Å²) in [5.41, 5.74) is 0.309. The van der Waals surface area contributed by atoms with Crippen LogP contribution in [-0.4, -0.2) is 57.1 Å². The summed E-state index contributed by atoms with van der Waals surface area (Å²) < 4.78 is 38.8. The van der Waals surface area contributed by atoms with E-state index in [-0.39, 0.29) is 17.6 Å². The van der Waals surface area contributed by atoms with Crippen molar-refractivity contribution in [2.45, 2.75) is 63.5 Å². The molecule has 0 spiro atoms. The molecule has 1 N–H and O–H groups in total. The van der Waals surface area contributed by atoms with Crippen molar-refractivity contribution in [3.8, 4) is 5.75 Å². The average Bonchev–Trinajstić information content (AvgIpc) is 2.61. The summed E-state index contributed by atoms with van der Waals surface area (Å²) in [5.74, 6) is 0.512. The van der Waals surface area contributed by atoms with Crippen LogP contribution in [0.5, 0.6) is 5.75 Å². The third-order valence-corrected chi connectivity index (χ3v) is 7.11. The largest absolute Gasteiger partial charge is 0.496 e. The molecule has 0 aromatic heterocycles. The molecule has 0 saturated carbocycles. The van der Waals surface area contributed by atoms with Crippen LogP contribution < -0.4 is 10.1 Å². The van der Waals surface area contributed by atoms with Crippen molar-refractivity contribution in [2.24, 2.45) is 0 Å². The lowest BCUT2D eigenvalue weighted by molar-refractivity contribution is -0.120. The highest BCUT2D eigenvalue weighted by molar-refractivity contribution is 7.89. The monoisotopic (exact) mass is 412 g/mol. The van der Waals surface area contributed by atoms with Gasteiger partial charge in [-0.05, 0) is 52.2 Å². The summed E-state index contributed by atoms with van der Waals surface area (Å²) in [6, 6.07) is 5.09. The maximum absolute atomic E-state index is 13.0. The number of nitrogens with one attached hydrogen (secondary N) is 1. The van der Waals surface area contributed by atoms with E-state index in [4.69, 9.17) is 9.47 Å². The molecule has 1 amide bonds. The van der Waals surface area contributed by atoms with Crippen molar-refractivity contribution in [1.82, 2.24) is 9.62 Å². The van der Waals surface area contributed by atoms with Crippen LogP contribution in [0.4, 0.5) is 0 Å². The molecule has 1 aliphatic rings. The van der Waals surface area contributed by atoms with Crippen molar-refractivity contribution in [3.05, 3.63) is 23.8 Å². The minimum atomic E-state index is -3.56. The Morgan fingerprint density at radius 1 is 1.29 bits per heavy atom. The zero-order valence-corrected chi connectivity index (χ0v) is 18.3. The Kier molecular flexibility index (Phi) is 7.47. The number of carbonyl (C=O) groups is 1. The standard InChI is InChI=1S/C20H32N2O5S/c1-15-18(26-5)7-6-8-19(15)28(24,25)22-12-9-17(10-13-22)27-14-11-20(3,4)21-16(2)23/h6-8,17H,9-14H2,1-5H3,(H,21,23). The number of piperidine rings is 1. The van der Waals surface area contributed by atoms with Gasteiger partial charge in [-0.15, -0.1) is 0 Å². The summed E-state index contributed by atoms with van der Waals surface area (Å²) in [6.45, 7) is 8.57. The quantitative estimate of drug-likeness (QED) is 0.709. The molecule has 0 aliphatic carbocycles. The van der Waals surface area contributed by atoms with Crippen LogP contribution in [0.1, 0.15) is 45.6 Å². The topological polar surface area (TPSA) is 84.9 Å². The first-order chi connectivity index (χ1) is 13.1. The highest BCUT2D eigenvalue weighted by atomic mass is 32.2. The number of amides is 1. The molecular weight excluding hydrogens is 380 g/mol. The number of ether oxygens (including phenoxy) is 2. The second kappa shape index (κ2) is 9.24. The van der Waals surface area contributed by atoms with E-state index in [0.717, 1.165) is 0 Å². The van der Waals surface area contributed by atoms with Crippen molar-refractivity contribution in [2.75, 3.05) is 26.8 Å². The van der Waals surface area contributed by atoms with E-state index in [1.54, 1.807) is 25.1 Å². The van der Waals surface area contributed by atoms with E-state index in [1.165, 1.54) is 18.3 Å². The molecule has 1 aromatic rings. The summed E-state index contributed by atoms with van der Waals surface area (Å²) in [4.78, 5) is 11.5. The lowest BCUT2D eigenvalue weighted by Gasteiger charge is -2.32. The summed E-state index contributed by atoms with van der Waals surface area (Å²) in [5, 5.41) is 2.90. The third kappa shape index (κ3) is 5.68. The van der Waals surface area contributed by atoms with E-state index >= 15 is 0 Å². The normalized spacial score (nSPS) is 16.8. The van der Waals surface area contributed by atoms with Gasteiger partial charge in [-0.25, -0.2) is 8.42 Å². The Morgan fingerprint density at radius 3 is 2.50 bits per heavy atom. The van der Waals surface area contributed by atoms with Crippen LogP contribution in [0, 0.1) is 6.92 Å². The molecule has 7 nitrogen and oxygen atoms in total. The zero-order chi connectivity index (χ0) is 20.9. The predicted molar refractivity (Wildman–Crippen MR) is 108 cm³/mol. The number of carbonyl (C=O) groups excluding carboxylic acids is 1. The van der Waals surface area contributed by atoms with E-state index < -0.39 is 10.0 Å². The lowest BCUT2D eigenvalue weighted by atomic mass is 10.0. The Hall–Kier alpha value is -1.64. The molecule has 28 heavy (non-hydrogen) atoms. The maximum atomic E-state index is 13.0. The Balaban J connectivity index is 1.90. The molecule has 158 valence electrons. The van der Waals surface area contributed by atoms with Gasteiger partial charge in [0.2, 0.25) is 15.9 Å². The van der Waals surface area contributed by atoms with E-state index in [1.807, 2.05) is 13.8 Å². The average molecular weight is 413 g/mol. The van der Waals surface area contributed by atoms with Gasteiger partial charge in [0.25, 0.3) is 0 Å². The number of sulfonamides is 1. The fourth-order valence-corrected chi connectivity index (χ4v) is 5.20. The van der Waals surface area contributed by atoms with Gasteiger partial charge in [-0.1, -0.05) is 6.07 Å². The van der Waals surface area contributed by atoms with E-state index in [9.17, 15) is 13.2 Å². The molecule has 0 unspecified atom stereocenters. The van der Waals surface area contributed by atoms with E-state index in [2.05, 4.69) is 5.32 Å². The second-order valence-electron chi connectivity index (χ2n) is 7.87. The molecule has 0 radical (unpaired) electrons. The van der Waals surface area contributed by atoms with Crippen molar-refractivity contribution >= 4 is 15.9 Å². The van der Waals surface area contributed by atoms with Gasteiger partial charge in [0.15, 0.2) is 0 Å². The fourth-order valence-electron chi connectivity index (χ4n) is 3.49. The first kappa shape index (κ1) is 22.6. The van der Waals surface area contributed by atoms with Gasteiger partial charge < -0.3 is 14.8 Å². The molecule has 0 bridgehead atoms. The SMILES string of the molecule is COc1cccc(S(=O)(=O)N2CCC(OCCC(C)(C)NC(C)=O)CC2)c1C. The molecule has 1 aromatic carbocycles. The number of hydrogen-bond donors (Lipinski definition) is 1. The van der Waals surface area contributed by atoms with Crippen molar-refractivity contribution in [3.63, 3.8) is 0 Å². The third-order valence-electron chi connectivity index (χ3n) is 5.07. The second-order valence-corrected chi connectivity index (χ2v) is 9.78. The van der Waals surface area contributed by atoms with Gasteiger partial charge in [0.05, 0.1) is 18.1 Å². The number of benzene rings is 1. The Labute approximate surface area is 168 Å². The van der Waals surface area contributed by atoms with Crippen LogP contribution in [0.2, 0.25) is 0 Å². The maximum Gasteiger partial charge on any atom is 0.243 e. The molecule has 1 saturated heterocycles. The van der Waals surface area contributed by atoms with E-state index in [0.29, 0.717) is 55.2 Å². The fraction of sp³-hybridized carbons (Fsp3) is 0.650. The lowest BCUT2D eigenvalue weighted by Crippen LogP contribution is -2.44. The number of rotatable bonds is 8. The van der Waals surface area contributed by atoms with Crippen molar-refractivity contribution < 1.29 is 22.7 Å². The minimum absolute atomic E-state index is 0.0333. The summed E-state index contributed by atoms with van der Waals surface area (Å²) in [6.07, 6.45) is 2.05. The van der Waals surface area contributed by atoms with Gasteiger partial charge in [0, 0.05) is 37.7 Å². The van der Waals surface area contributed by atoms with Crippen LogP contribution >= 0.6 is 0 Å². The van der Waals surface area contributed by atoms with Crippen LogP contribution in [-0.2, 0) is 19.6 Å². The molecule has 1 fully saturated rings. The van der Waals surface area contributed by atoms with Crippen LogP contribution in [0.3, 0.4) is 0 Å². The highest BCUT2D eigenvalue weighted by Gasteiger charge is 2.31. The van der Waals surface area contributed by atoms with Gasteiger partial charge >= 0.3 is 0 Å². The van der Waals surface area contributed by atoms with Crippen LogP contribution in [0.15, 0.2) is 23.1 Å². The Morgan fingerprint density at radius 2 is 1.93 bits per heavy atom. The van der Waals surface area contributed by atoms with Gasteiger partial charge in [0.1, 0.15) is 5.75 Å². The molecule has 1 heterocycles. The minimum Gasteiger partial charge on any atom is -0.496 e.